The van der Waals surface area contributed by atoms with Gasteiger partial charge >= 0.3 is 0 Å². The molecule has 156 valence electrons. The molecule has 1 saturated carbocycles. The molecule has 0 bridgehead atoms. The van der Waals surface area contributed by atoms with Crippen LogP contribution in [0.2, 0.25) is 0 Å². The van der Waals surface area contributed by atoms with E-state index in [-0.39, 0.29) is 18.1 Å². The van der Waals surface area contributed by atoms with Gasteiger partial charge < -0.3 is 24.8 Å². The van der Waals surface area contributed by atoms with Gasteiger partial charge in [0, 0.05) is 35.6 Å². The van der Waals surface area contributed by atoms with E-state index in [4.69, 9.17) is 14.5 Å². The van der Waals surface area contributed by atoms with Crippen LogP contribution in [-0.2, 0) is 4.74 Å². The number of carbonyl (C=O) groups is 1. The molecule has 8 heteroatoms. The van der Waals surface area contributed by atoms with Crippen LogP contribution in [0.15, 0.2) is 23.6 Å². The Hall–Kier alpha value is -2.16. The van der Waals surface area contributed by atoms with Crippen molar-refractivity contribution in [1.29, 1.82) is 0 Å². The van der Waals surface area contributed by atoms with Gasteiger partial charge in [-0.2, -0.15) is 0 Å². The molecule has 29 heavy (non-hydrogen) atoms. The Kier molecular flexibility index (Phi) is 6.32. The standard InChI is InChI=1S/C21H27N3O4S/c1-27-19-7-2-14(20(26)22-15-3-5-16(25)6-4-15)12-17(19)18-13-29-21(23-18)24-8-10-28-11-9-24/h2,7,12-13,15-16,25H,3-6,8-11H2,1H3,(H,22,26). The second-order valence-electron chi connectivity index (χ2n) is 7.51. The topological polar surface area (TPSA) is 83.9 Å². The second-order valence-corrected chi connectivity index (χ2v) is 8.35. The number of nitrogens with zero attached hydrogens (tertiary/aromatic N) is 2. The van der Waals surface area contributed by atoms with E-state index in [2.05, 4.69) is 10.2 Å². The SMILES string of the molecule is COc1ccc(C(=O)NC2CCC(O)CC2)cc1-c1csc(N2CCOCC2)n1. The van der Waals surface area contributed by atoms with Crippen LogP contribution < -0.4 is 15.0 Å². The van der Waals surface area contributed by atoms with Crippen molar-refractivity contribution in [1.82, 2.24) is 10.3 Å². The summed E-state index contributed by atoms with van der Waals surface area (Å²) >= 11 is 1.59. The average Bonchev–Trinajstić information content (AvgIpc) is 3.25. The fourth-order valence-corrected chi connectivity index (χ4v) is 4.71. The summed E-state index contributed by atoms with van der Waals surface area (Å²) in [5.41, 5.74) is 2.21. The van der Waals surface area contributed by atoms with Gasteiger partial charge in [-0.15, -0.1) is 11.3 Å². The second kappa shape index (κ2) is 9.11. The number of amides is 1. The number of methoxy groups -OCH3 is 1. The van der Waals surface area contributed by atoms with Gasteiger partial charge in [0.1, 0.15) is 5.75 Å². The van der Waals surface area contributed by atoms with Crippen LogP contribution in [-0.4, -0.2) is 61.6 Å². The number of carbonyl (C=O) groups excluding carboxylic acids is 1. The Morgan fingerprint density at radius 1 is 1.28 bits per heavy atom. The largest absolute Gasteiger partial charge is 0.496 e. The first kappa shape index (κ1) is 20.1. The lowest BCUT2D eigenvalue weighted by molar-refractivity contribution is 0.0867. The molecule has 0 atom stereocenters. The number of aliphatic hydroxyl groups is 1. The summed E-state index contributed by atoms with van der Waals surface area (Å²) in [5.74, 6) is 0.597. The van der Waals surface area contributed by atoms with E-state index in [9.17, 15) is 9.90 Å². The average molecular weight is 418 g/mol. The highest BCUT2D eigenvalue weighted by atomic mass is 32.1. The van der Waals surface area contributed by atoms with Crippen LogP contribution in [0.3, 0.4) is 0 Å². The molecule has 1 amide bonds. The Labute approximate surface area is 174 Å². The summed E-state index contributed by atoms with van der Waals surface area (Å²) in [5, 5.41) is 15.7. The zero-order valence-electron chi connectivity index (χ0n) is 16.6. The third-order valence-electron chi connectivity index (χ3n) is 5.54. The Bertz CT molecular complexity index is 842. The number of rotatable bonds is 5. The van der Waals surface area contributed by atoms with E-state index in [1.807, 2.05) is 17.5 Å². The van der Waals surface area contributed by atoms with Crippen molar-refractivity contribution in [3.63, 3.8) is 0 Å². The van der Waals surface area contributed by atoms with Crippen molar-refractivity contribution in [2.24, 2.45) is 0 Å². The van der Waals surface area contributed by atoms with Gasteiger partial charge in [0.05, 0.1) is 32.1 Å². The van der Waals surface area contributed by atoms with Crippen molar-refractivity contribution < 1.29 is 19.4 Å². The van der Waals surface area contributed by atoms with Gasteiger partial charge in [-0.3, -0.25) is 4.79 Å². The molecule has 0 radical (unpaired) electrons. The number of morpholine rings is 1. The highest BCUT2D eigenvalue weighted by Gasteiger charge is 2.22. The smallest absolute Gasteiger partial charge is 0.251 e. The zero-order valence-corrected chi connectivity index (χ0v) is 17.4. The fraction of sp³-hybridized carbons (Fsp3) is 0.524. The van der Waals surface area contributed by atoms with Gasteiger partial charge in [0.15, 0.2) is 5.13 Å². The number of nitrogens with one attached hydrogen (secondary N) is 1. The molecule has 4 rings (SSSR count). The molecule has 1 saturated heterocycles. The number of benzene rings is 1. The predicted molar refractivity (Wildman–Crippen MR) is 113 cm³/mol. The maximum atomic E-state index is 12.8. The number of hydrogen-bond donors (Lipinski definition) is 2. The van der Waals surface area contributed by atoms with Gasteiger partial charge in [-0.05, 0) is 43.9 Å². The first-order valence-corrected chi connectivity index (χ1v) is 11.0. The van der Waals surface area contributed by atoms with Crippen LogP contribution in [0.5, 0.6) is 5.75 Å². The van der Waals surface area contributed by atoms with Gasteiger partial charge in [-0.25, -0.2) is 4.98 Å². The molecule has 1 aromatic heterocycles. The minimum absolute atomic E-state index is 0.0982. The van der Waals surface area contributed by atoms with Crippen LogP contribution >= 0.6 is 11.3 Å². The first-order valence-electron chi connectivity index (χ1n) is 10.1. The summed E-state index contributed by atoms with van der Waals surface area (Å²) in [7, 11) is 1.63. The lowest BCUT2D eigenvalue weighted by Gasteiger charge is -2.26. The van der Waals surface area contributed by atoms with Crippen molar-refractivity contribution >= 4 is 22.4 Å². The molecule has 1 aliphatic heterocycles. The first-order chi connectivity index (χ1) is 14.1. The Balaban J connectivity index is 1.52. The molecule has 2 N–H and O–H groups in total. The van der Waals surface area contributed by atoms with Gasteiger partial charge in [0.2, 0.25) is 0 Å². The number of ether oxygens (including phenoxy) is 2. The maximum absolute atomic E-state index is 12.8. The number of hydrogen-bond acceptors (Lipinski definition) is 7. The Morgan fingerprint density at radius 2 is 2.03 bits per heavy atom. The summed E-state index contributed by atoms with van der Waals surface area (Å²) in [4.78, 5) is 19.8. The molecular formula is C21H27N3O4S. The number of thiazole rings is 1. The minimum Gasteiger partial charge on any atom is -0.496 e. The van der Waals surface area contributed by atoms with E-state index in [1.54, 1.807) is 24.5 Å². The van der Waals surface area contributed by atoms with Crippen molar-refractivity contribution in [3.8, 4) is 17.0 Å². The summed E-state index contributed by atoms with van der Waals surface area (Å²) in [6, 6.07) is 5.57. The normalized spacial score (nSPS) is 22.3. The molecule has 2 heterocycles. The van der Waals surface area contributed by atoms with Gasteiger partial charge in [0.25, 0.3) is 5.91 Å². The monoisotopic (exact) mass is 417 g/mol. The third-order valence-corrected chi connectivity index (χ3v) is 6.44. The summed E-state index contributed by atoms with van der Waals surface area (Å²) < 4.78 is 10.9. The molecule has 2 fully saturated rings. The van der Waals surface area contributed by atoms with E-state index >= 15 is 0 Å². The minimum atomic E-state index is -0.235. The predicted octanol–water partition coefficient (Wildman–Crippen LogP) is 2.69. The third kappa shape index (κ3) is 4.71. The van der Waals surface area contributed by atoms with E-state index in [0.29, 0.717) is 24.5 Å². The van der Waals surface area contributed by atoms with Crippen LogP contribution in [0.4, 0.5) is 5.13 Å². The van der Waals surface area contributed by atoms with Crippen molar-refractivity contribution in [2.45, 2.75) is 37.8 Å². The highest BCUT2D eigenvalue weighted by Crippen LogP contribution is 2.34. The molecule has 1 aliphatic carbocycles. The van der Waals surface area contributed by atoms with E-state index in [0.717, 1.165) is 55.2 Å². The Morgan fingerprint density at radius 3 is 2.76 bits per heavy atom. The lowest BCUT2D eigenvalue weighted by atomic mass is 9.93. The lowest BCUT2D eigenvalue weighted by Crippen LogP contribution is -2.38. The quantitative estimate of drug-likeness (QED) is 0.778. The molecule has 2 aromatic rings. The van der Waals surface area contributed by atoms with Crippen LogP contribution in [0.25, 0.3) is 11.3 Å². The number of anilines is 1. The summed E-state index contributed by atoms with van der Waals surface area (Å²) in [6.45, 7) is 3.10. The van der Waals surface area contributed by atoms with E-state index in [1.165, 1.54) is 0 Å². The van der Waals surface area contributed by atoms with Gasteiger partial charge in [-0.1, -0.05) is 0 Å². The van der Waals surface area contributed by atoms with Crippen LogP contribution in [0, 0.1) is 0 Å². The molecular weight excluding hydrogens is 390 g/mol. The summed E-state index contributed by atoms with van der Waals surface area (Å²) in [6.07, 6.45) is 2.86. The number of aliphatic hydroxyl groups excluding tert-OH is 1. The molecule has 2 aliphatic rings. The van der Waals surface area contributed by atoms with Crippen LogP contribution in [0.1, 0.15) is 36.0 Å². The number of aromatic nitrogens is 1. The molecule has 1 aromatic carbocycles. The van der Waals surface area contributed by atoms with Crippen molar-refractivity contribution in [3.05, 3.63) is 29.1 Å². The van der Waals surface area contributed by atoms with Crippen molar-refractivity contribution in [2.75, 3.05) is 38.3 Å². The maximum Gasteiger partial charge on any atom is 0.251 e. The fourth-order valence-electron chi connectivity index (χ4n) is 3.83. The van der Waals surface area contributed by atoms with E-state index < -0.39 is 0 Å². The molecule has 0 unspecified atom stereocenters. The highest BCUT2D eigenvalue weighted by molar-refractivity contribution is 7.14. The molecule has 0 spiro atoms. The zero-order chi connectivity index (χ0) is 20.2. The molecule has 7 nitrogen and oxygen atoms in total.